The number of benzene rings is 1. The maximum absolute atomic E-state index is 12.8. The summed E-state index contributed by atoms with van der Waals surface area (Å²) in [6, 6.07) is 9.43. The number of halogens is 1. The molecule has 0 bridgehead atoms. The maximum atomic E-state index is 12.8. The van der Waals surface area contributed by atoms with Crippen molar-refractivity contribution in [2.45, 2.75) is 19.3 Å². The van der Waals surface area contributed by atoms with E-state index < -0.39 is 17.3 Å². The van der Waals surface area contributed by atoms with Gasteiger partial charge in [-0.15, -0.1) is 6.58 Å². The number of ether oxygens (including phenoxy) is 1. The Kier molecular flexibility index (Phi) is 6.36. The maximum Gasteiger partial charge on any atom is 0.336 e. The Bertz CT molecular complexity index is 840. The fraction of sp³-hybridized carbons (Fsp3) is 0.250. The molecule has 0 fully saturated rings. The summed E-state index contributed by atoms with van der Waals surface area (Å²) in [7, 11) is 0. The molecule has 134 valence electrons. The van der Waals surface area contributed by atoms with Gasteiger partial charge in [0.15, 0.2) is 0 Å². The van der Waals surface area contributed by atoms with E-state index in [9.17, 15) is 10.1 Å². The first-order valence-corrected chi connectivity index (χ1v) is 8.78. The molecule has 1 heterocycles. The van der Waals surface area contributed by atoms with Gasteiger partial charge in [0.25, 0.3) is 0 Å². The molecule has 1 aromatic rings. The molecule has 0 radical (unpaired) electrons. The van der Waals surface area contributed by atoms with E-state index in [-0.39, 0.29) is 13.0 Å². The van der Waals surface area contributed by atoms with Gasteiger partial charge in [-0.2, -0.15) is 5.26 Å². The lowest BCUT2D eigenvalue weighted by Gasteiger charge is -2.41. The van der Waals surface area contributed by atoms with Crippen molar-refractivity contribution < 1.29 is 9.53 Å². The summed E-state index contributed by atoms with van der Waals surface area (Å²) in [6.07, 6.45) is 3.37. The van der Waals surface area contributed by atoms with Crippen molar-refractivity contribution in [3.8, 4) is 6.07 Å². The Labute approximate surface area is 163 Å². The Morgan fingerprint density at radius 2 is 2.15 bits per heavy atom. The number of esters is 1. The van der Waals surface area contributed by atoms with E-state index in [1.54, 1.807) is 31.2 Å². The zero-order valence-electron chi connectivity index (χ0n) is 14.4. The van der Waals surface area contributed by atoms with Crippen molar-refractivity contribution in [3.63, 3.8) is 0 Å². The third kappa shape index (κ3) is 3.44. The molecule has 0 aliphatic carbocycles. The number of allylic oxidation sites excluding steroid dienone is 2. The Morgan fingerprint density at radius 1 is 1.46 bits per heavy atom. The topological polar surface area (TPSA) is 62.1 Å². The first-order valence-electron chi connectivity index (χ1n) is 7.99. The lowest BCUT2D eigenvalue weighted by Crippen LogP contribution is -2.49. The minimum absolute atomic E-state index is 0.0658. The van der Waals surface area contributed by atoms with E-state index >= 15 is 0 Å². The van der Waals surface area contributed by atoms with E-state index in [1.165, 1.54) is 6.08 Å². The van der Waals surface area contributed by atoms with Crippen LogP contribution in [0.15, 0.2) is 60.8 Å². The smallest absolute Gasteiger partial charge is 0.336 e. The van der Waals surface area contributed by atoms with Crippen LogP contribution in [-0.4, -0.2) is 17.6 Å². The molecule has 0 amide bonds. The van der Waals surface area contributed by atoms with Crippen molar-refractivity contribution in [1.29, 1.82) is 5.26 Å². The Hall–Kier alpha value is -2.42. The highest BCUT2D eigenvalue weighted by Crippen LogP contribution is 2.50. The number of hydrogen-bond acceptors (Lipinski definition) is 4. The van der Waals surface area contributed by atoms with Crippen LogP contribution in [-0.2, 0) is 9.53 Å². The summed E-state index contributed by atoms with van der Waals surface area (Å²) in [4.78, 5) is 13.1. The highest BCUT2D eigenvalue weighted by molar-refractivity contribution is 7.80. The summed E-state index contributed by atoms with van der Waals surface area (Å²) in [5.41, 5.74) is 0.330. The molecule has 6 heteroatoms. The van der Waals surface area contributed by atoms with Crippen LogP contribution >= 0.6 is 23.8 Å². The van der Waals surface area contributed by atoms with Gasteiger partial charge in [0.05, 0.1) is 11.6 Å². The average molecular weight is 387 g/mol. The second-order valence-corrected chi connectivity index (χ2v) is 6.73. The van der Waals surface area contributed by atoms with E-state index in [0.717, 1.165) is 0 Å². The summed E-state index contributed by atoms with van der Waals surface area (Å²) in [6.45, 7) is 9.11. The monoisotopic (exact) mass is 386 g/mol. The number of rotatable bonds is 6. The Morgan fingerprint density at radius 3 is 2.73 bits per heavy atom. The van der Waals surface area contributed by atoms with E-state index in [2.05, 4.69) is 24.5 Å². The number of nitriles is 1. The lowest BCUT2D eigenvalue weighted by molar-refractivity contribution is -0.138. The number of carbonyl (C=O) groups is 1. The average Bonchev–Trinajstić information content (AvgIpc) is 2.62. The largest absolute Gasteiger partial charge is 0.458 e. The predicted molar refractivity (Wildman–Crippen MR) is 107 cm³/mol. The summed E-state index contributed by atoms with van der Waals surface area (Å²) < 4.78 is 5.27. The SMILES string of the molecule is C=CCOC(=O)C1=C(C)NC(=S)[C@@](C#N)(CC=C)[C@H]1c1ccccc1Cl. The highest BCUT2D eigenvalue weighted by atomic mass is 35.5. The van der Waals surface area contributed by atoms with E-state index in [0.29, 0.717) is 26.8 Å². The van der Waals surface area contributed by atoms with Crippen LogP contribution in [0.2, 0.25) is 5.02 Å². The Balaban J connectivity index is 2.76. The van der Waals surface area contributed by atoms with Gasteiger partial charge in [-0.25, -0.2) is 4.79 Å². The van der Waals surface area contributed by atoms with Gasteiger partial charge in [0.2, 0.25) is 0 Å². The number of nitrogens with zero attached hydrogens (tertiary/aromatic N) is 1. The van der Waals surface area contributed by atoms with Crippen LogP contribution in [0.3, 0.4) is 0 Å². The van der Waals surface area contributed by atoms with Crippen molar-refractivity contribution >= 4 is 34.8 Å². The highest BCUT2D eigenvalue weighted by Gasteiger charge is 2.51. The summed E-state index contributed by atoms with van der Waals surface area (Å²) in [5.74, 6) is -1.21. The molecular formula is C20H19ClN2O2S. The number of nitrogens with one attached hydrogen (secondary N) is 1. The summed E-state index contributed by atoms with van der Waals surface area (Å²) >= 11 is 11.9. The zero-order valence-corrected chi connectivity index (χ0v) is 16.0. The van der Waals surface area contributed by atoms with Gasteiger partial charge in [0, 0.05) is 16.6 Å². The van der Waals surface area contributed by atoms with Crippen molar-refractivity contribution in [2.24, 2.45) is 5.41 Å². The molecule has 1 aliphatic rings. The van der Waals surface area contributed by atoms with Crippen molar-refractivity contribution in [3.05, 3.63) is 71.4 Å². The molecule has 0 unspecified atom stereocenters. The second-order valence-electron chi connectivity index (χ2n) is 5.91. The molecule has 0 aromatic heterocycles. The minimum atomic E-state index is -1.19. The molecule has 4 nitrogen and oxygen atoms in total. The molecule has 1 N–H and O–H groups in total. The van der Waals surface area contributed by atoms with Gasteiger partial charge in [-0.3, -0.25) is 0 Å². The number of hydrogen-bond donors (Lipinski definition) is 1. The lowest BCUT2D eigenvalue weighted by atomic mass is 9.65. The van der Waals surface area contributed by atoms with Gasteiger partial charge >= 0.3 is 5.97 Å². The van der Waals surface area contributed by atoms with Gasteiger partial charge in [-0.1, -0.05) is 60.7 Å². The molecule has 0 saturated heterocycles. The molecule has 2 atom stereocenters. The second kappa shape index (κ2) is 8.31. The zero-order chi connectivity index (χ0) is 19.3. The normalized spacial score (nSPS) is 22.2. The number of thiocarbonyl (C=S) groups is 1. The van der Waals surface area contributed by atoms with Gasteiger partial charge < -0.3 is 10.1 Å². The van der Waals surface area contributed by atoms with Crippen LogP contribution in [0.25, 0.3) is 0 Å². The third-order valence-electron chi connectivity index (χ3n) is 4.33. The van der Waals surface area contributed by atoms with Gasteiger partial charge in [0.1, 0.15) is 17.0 Å². The standard InChI is InChI=1S/C20H19ClN2O2S/c1-4-10-20(12-22)17(14-8-6-7-9-15(14)21)16(13(3)23-19(20)26)18(24)25-11-5-2/h4-9,17H,1-2,10-11H2,3H3,(H,23,26)/t17-,20+/m0/s1. The fourth-order valence-corrected chi connectivity index (χ4v) is 3.80. The quantitative estimate of drug-likeness (QED) is 0.444. The van der Waals surface area contributed by atoms with Crippen LogP contribution < -0.4 is 5.32 Å². The molecule has 1 aliphatic heterocycles. The third-order valence-corrected chi connectivity index (χ3v) is 5.14. The molecule has 2 rings (SSSR count). The van der Waals surface area contributed by atoms with Gasteiger partial charge in [-0.05, 0) is 25.0 Å². The molecule has 1 aromatic carbocycles. The fourth-order valence-electron chi connectivity index (χ4n) is 3.16. The van der Waals surface area contributed by atoms with Crippen LogP contribution in [0.1, 0.15) is 24.8 Å². The number of carbonyl (C=O) groups excluding carboxylic acids is 1. The van der Waals surface area contributed by atoms with Crippen LogP contribution in [0.5, 0.6) is 0 Å². The van der Waals surface area contributed by atoms with Crippen molar-refractivity contribution in [1.82, 2.24) is 5.32 Å². The van der Waals surface area contributed by atoms with E-state index in [4.69, 9.17) is 28.6 Å². The minimum Gasteiger partial charge on any atom is -0.458 e. The molecular weight excluding hydrogens is 368 g/mol. The molecule has 0 saturated carbocycles. The predicted octanol–water partition coefficient (Wildman–Crippen LogP) is 4.44. The van der Waals surface area contributed by atoms with Crippen LogP contribution in [0.4, 0.5) is 0 Å². The van der Waals surface area contributed by atoms with E-state index in [1.807, 2.05) is 6.07 Å². The molecule has 26 heavy (non-hydrogen) atoms. The first-order chi connectivity index (χ1) is 12.4. The summed E-state index contributed by atoms with van der Waals surface area (Å²) in [5, 5.41) is 13.5. The molecule has 0 spiro atoms. The first kappa shape index (κ1) is 19.9. The van der Waals surface area contributed by atoms with Crippen LogP contribution in [0, 0.1) is 16.7 Å². The van der Waals surface area contributed by atoms with Crippen molar-refractivity contribution in [2.75, 3.05) is 6.61 Å².